The highest BCUT2D eigenvalue weighted by Crippen LogP contribution is 2.15. The van der Waals surface area contributed by atoms with Gasteiger partial charge < -0.3 is 5.73 Å². The third-order valence-corrected chi connectivity index (χ3v) is 2.37. The molecule has 1 heterocycles. The molecule has 0 aliphatic heterocycles. The van der Waals surface area contributed by atoms with E-state index in [1.807, 2.05) is 6.92 Å². The lowest BCUT2D eigenvalue weighted by Crippen LogP contribution is -1.98. The molecule has 2 N–H and O–H groups in total. The molecule has 1 nitrogen and oxygen atoms in total. The van der Waals surface area contributed by atoms with Crippen molar-refractivity contribution in [2.45, 2.75) is 13.8 Å². The van der Waals surface area contributed by atoms with Crippen molar-refractivity contribution in [2.75, 3.05) is 6.54 Å². The largest absolute Gasteiger partial charge is 0.327 e. The lowest BCUT2D eigenvalue weighted by molar-refractivity contribution is 1.15. The molecule has 0 bridgehead atoms. The van der Waals surface area contributed by atoms with Crippen molar-refractivity contribution >= 4 is 17.4 Å². The van der Waals surface area contributed by atoms with Crippen LogP contribution < -0.4 is 5.73 Å². The van der Waals surface area contributed by atoms with Crippen LogP contribution in [0.25, 0.3) is 6.08 Å². The summed E-state index contributed by atoms with van der Waals surface area (Å²) in [6.07, 6.45) is 2.13. The molecule has 0 amide bonds. The fourth-order valence-corrected chi connectivity index (χ4v) is 1.55. The average Bonchev–Trinajstić information content (AvgIpc) is 2.35. The van der Waals surface area contributed by atoms with Crippen molar-refractivity contribution in [3.05, 3.63) is 27.5 Å². The Morgan fingerprint density at radius 2 is 2.45 bits per heavy atom. The van der Waals surface area contributed by atoms with Crippen molar-refractivity contribution in [1.29, 1.82) is 0 Å². The molecule has 1 rings (SSSR count). The van der Waals surface area contributed by atoms with Gasteiger partial charge in [-0.25, -0.2) is 0 Å². The van der Waals surface area contributed by atoms with Gasteiger partial charge in [0.05, 0.1) is 0 Å². The fourth-order valence-electron chi connectivity index (χ4n) is 0.883. The first-order valence-electron chi connectivity index (χ1n) is 3.65. The van der Waals surface area contributed by atoms with Gasteiger partial charge >= 0.3 is 0 Å². The number of aryl methyl sites for hydroxylation is 1. The summed E-state index contributed by atoms with van der Waals surface area (Å²) in [5.74, 6) is 0. The van der Waals surface area contributed by atoms with Crippen molar-refractivity contribution in [3.8, 4) is 0 Å². The molecule has 0 aliphatic carbocycles. The van der Waals surface area contributed by atoms with Gasteiger partial charge in [-0.15, -0.1) is 11.3 Å². The highest BCUT2D eigenvalue weighted by atomic mass is 32.1. The Hall–Kier alpha value is -0.600. The molecule has 0 saturated heterocycles. The quantitative estimate of drug-likeness (QED) is 0.719. The smallest absolute Gasteiger partial charge is 0.0137 e. The highest BCUT2D eigenvalue weighted by Gasteiger charge is 1.91. The molecule has 1 aromatic heterocycles. The Morgan fingerprint density at radius 3 is 2.91 bits per heavy atom. The third kappa shape index (κ3) is 2.48. The van der Waals surface area contributed by atoms with Crippen molar-refractivity contribution in [2.24, 2.45) is 5.73 Å². The van der Waals surface area contributed by atoms with Crippen LogP contribution in [0.2, 0.25) is 0 Å². The summed E-state index contributed by atoms with van der Waals surface area (Å²) in [7, 11) is 0. The minimum atomic E-state index is 0.648. The van der Waals surface area contributed by atoms with E-state index in [1.54, 1.807) is 11.3 Å². The highest BCUT2D eigenvalue weighted by molar-refractivity contribution is 7.10. The molecule has 0 saturated carbocycles. The number of hydrogen-bond acceptors (Lipinski definition) is 2. The van der Waals surface area contributed by atoms with E-state index >= 15 is 0 Å². The van der Waals surface area contributed by atoms with Gasteiger partial charge in [0, 0.05) is 11.4 Å². The monoisotopic (exact) mass is 167 g/mol. The lowest BCUT2D eigenvalue weighted by atomic mass is 10.2. The van der Waals surface area contributed by atoms with Crippen LogP contribution in [0.4, 0.5) is 0 Å². The first kappa shape index (κ1) is 8.50. The molecular weight excluding hydrogens is 154 g/mol. The van der Waals surface area contributed by atoms with Crippen LogP contribution in [0.15, 0.2) is 17.0 Å². The molecule has 0 radical (unpaired) electrons. The molecule has 2 heteroatoms. The first-order valence-corrected chi connectivity index (χ1v) is 4.52. The standard InChI is InChI=1S/C9H13NS/c1-7(5-10)3-9-4-8(2)11-6-9/h3-4,6H,5,10H2,1-2H3/b7-3+. The number of hydrogen-bond donors (Lipinski definition) is 1. The summed E-state index contributed by atoms with van der Waals surface area (Å²) < 4.78 is 0. The van der Waals surface area contributed by atoms with E-state index < -0.39 is 0 Å². The Kier molecular flexibility index (Phi) is 2.85. The van der Waals surface area contributed by atoms with Crippen LogP contribution in [0.5, 0.6) is 0 Å². The van der Waals surface area contributed by atoms with Gasteiger partial charge in [-0.05, 0) is 30.9 Å². The van der Waals surface area contributed by atoms with Crippen LogP contribution in [-0.2, 0) is 0 Å². The second-order valence-corrected chi connectivity index (χ2v) is 3.80. The van der Waals surface area contributed by atoms with Gasteiger partial charge in [0.2, 0.25) is 0 Å². The van der Waals surface area contributed by atoms with Crippen molar-refractivity contribution in [1.82, 2.24) is 0 Å². The fraction of sp³-hybridized carbons (Fsp3) is 0.333. The molecule has 0 fully saturated rings. The predicted molar refractivity (Wildman–Crippen MR) is 51.8 cm³/mol. The molecule has 0 unspecified atom stereocenters. The second kappa shape index (κ2) is 3.69. The van der Waals surface area contributed by atoms with Crippen LogP contribution in [0.3, 0.4) is 0 Å². The Labute approximate surface area is 71.5 Å². The summed E-state index contributed by atoms with van der Waals surface area (Å²) >= 11 is 1.77. The SMILES string of the molecule is C/C(=C\c1csc(C)c1)CN. The van der Waals surface area contributed by atoms with Gasteiger partial charge in [0.15, 0.2) is 0 Å². The maximum Gasteiger partial charge on any atom is 0.0137 e. The molecule has 0 spiro atoms. The van der Waals surface area contributed by atoms with E-state index in [2.05, 4.69) is 24.4 Å². The van der Waals surface area contributed by atoms with Crippen molar-refractivity contribution < 1.29 is 0 Å². The molecule has 0 aromatic carbocycles. The summed E-state index contributed by atoms with van der Waals surface area (Å²) in [6.45, 7) is 4.81. The van der Waals surface area contributed by atoms with Gasteiger partial charge in [0.25, 0.3) is 0 Å². The van der Waals surface area contributed by atoms with Crippen LogP contribution in [0, 0.1) is 6.92 Å². The summed E-state index contributed by atoms with van der Waals surface area (Å²) in [5, 5.41) is 2.15. The molecule has 60 valence electrons. The average molecular weight is 167 g/mol. The van der Waals surface area contributed by atoms with E-state index in [0.29, 0.717) is 6.54 Å². The normalized spacial score (nSPS) is 12.1. The zero-order valence-electron chi connectivity index (χ0n) is 6.92. The lowest BCUT2D eigenvalue weighted by Gasteiger charge is -1.91. The van der Waals surface area contributed by atoms with Crippen LogP contribution in [-0.4, -0.2) is 6.54 Å². The van der Waals surface area contributed by atoms with Gasteiger partial charge in [-0.1, -0.05) is 11.6 Å². The molecular formula is C9H13NS. The Balaban J connectivity index is 2.78. The number of nitrogens with two attached hydrogens (primary N) is 1. The number of thiophene rings is 1. The summed E-state index contributed by atoms with van der Waals surface area (Å²) in [6, 6.07) is 2.17. The minimum absolute atomic E-state index is 0.648. The summed E-state index contributed by atoms with van der Waals surface area (Å²) in [5.41, 5.74) is 7.96. The zero-order chi connectivity index (χ0) is 8.27. The maximum absolute atomic E-state index is 5.46. The minimum Gasteiger partial charge on any atom is -0.327 e. The Bertz CT molecular complexity index is 260. The van der Waals surface area contributed by atoms with Gasteiger partial charge in [-0.3, -0.25) is 0 Å². The maximum atomic E-state index is 5.46. The first-order chi connectivity index (χ1) is 5.22. The van der Waals surface area contributed by atoms with Crippen LogP contribution in [0.1, 0.15) is 17.4 Å². The molecule has 1 aromatic rings. The van der Waals surface area contributed by atoms with E-state index in [0.717, 1.165) is 0 Å². The van der Waals surface area contributed by atoms with Gasteiger partial charge in [-0.2, -0.15) is 0 Å². The van der Waals surface area contributed by atoms with E-state index in [1.165, 1.54) is 16.0 Å². The second-order valence-electron chi connectivity index (χ2n) is 2.69. The topological polar surface area (TPSA) is 26.0 Å². The molecule has 0 atom stereocenters. The van der Waals surface area contributed by atoms with E-state index in [9.17, 15) is 0 Å². The predicted octanol–water partition coefficient (Wildman–Crippen LogP) is 2.42. The summed E-state index contributed by atoms with van der Waals surface area (Å²) in [4.78, 5) is 1.35. The molecule has 0 aliphatic rings. The molecule has 11 heavy (non-hydrogen) atoms. The third-order valence-electron chi connectivity index (χ3n) is 1.49. The zero-order valence-corrected chi connectivity index (χ0v) is 7.74. The van der Waals surface area contributed by atoms with E-state index in [4.69, 9.17) is 5.73 Å². The van der Waals surface area contributed by atoms with Crippen LogP contribution >= 0.6 is 11.3 Å². The van der Waals surface area contributed by atoms with Gasteiger partial charge in [0.1, 0.15) is 0 Å². The number of rotatable bonds is 2. The Morgan fingerprint density at radius 1 is 1.73 bits per heavy atom. The van der Waals surface area contributed by atoms with Crippen molar-refractivity contribution in [3.63, 3.8) is 0 Å². The van der Waals surface area contributed by atoms with E-state index in [-0.39, 0.29) is 0 Å².